The van der Waals surface area contributed by atoms with Gasteiger partial charge in [0.25, 0.3) is 5.91 Å². The Labute approximate surface area is 239 Å². The molecule has 2 aliphatic rings. The first-order valence-corrected chi connectivity index (χ1v) is 14.1. The second kappa shape index (κ2) is 12.5. The number of hydrogen-bond donors (Lipinski definition) is 2. The molecule has 0 radical (unpaired) electrons. The molecule has 0 saturated heterocycles. The smallest absolute Gasteiger partial charge is 0.303 e. The molecule has 1 aliphatic carbocycles. The fraction of sp³-hybridized carbons (Fsp3) is 0.516. The molecule has 0 bridgehead atoms. The Bertz CT molecular complexity index is 1280. The summed E-state index contributed by atoms with van der Waals surface area (Å²) in [4.78, 5) is 39.9. The van der Waals surface area contributed by atoms with Gasteiger partial charge < -0.3 is 24.8 Å². The van der Waals surface area contributed by atoms with Crippen LogP contribution < -0.4 is 10.1 Å². The summed E-state index contributed by atoms with van der Waals surface area (Å²) >= 11 is 0. The minimum atomic E-state index is -1.03. The molecule has 2 aromatic carbocycles. The lowest BCUT2D eigenvalue weighted by molar-refractivity contribution is -0.149. The molecule has 222 valence electrons. The maximum Gasteiger partial charge on any atom is 0.303 e. The lowest BCUT2D eigenvalue weighted by Gasteiger charge is -2.42. The molecule has 2 aromatic rings. The zero-order valence-electron chi connectivity index (χ0n) is 24.0. The maximum atomic E-state index is 15.2. The van der Waals surface area contributed by atoms with Crippen molar-refractivity contribution in [3.63, 3.8) is 0 Å². The molecule has 1 atom stereocenters. The highest BCUT2D eigenvalue weighted by atomic mass is 19.1. The minimum Gasteiger partial charge on any atom is -0.494 e. The zero-order valence-corrected chi connectivity index (χ0v) is 24.0. The molecule has 0 aromatic heterocycles. The van der Waals surface area contributed by atoms with Gasteiger partial charge in [0.1, 0.15) is 23.4 Å². The Morgan fingerprint density at radius 2 is 1.76 bits per heavy atom. The quantitative estimate of drug-likeness (QED) is 0.382. The Balaban J connectivity index is 1.61. The van der Waals surface area contributed by atoms with Gasteiger partial charge in [-0.25, -0.2) is 8.78 Å². The van der Waals surface area contributed by atoms with Crippen molar-refractivity contribution in [2.75, 3.05) is 31.7 Å². The van der Waals surface area contributed by atoms with Crippen molar-refractivity contribution in [3.8, 4) is 5.75 Å². The highest BCUT2D eigenvalue weighted by Crippen LogP contribution is 2.41. The Morgan fingerprint density at radius 3 is 2.37 bits per heavy atom. The summed E-state index contributed by atoms with van der Waals surface area (Å²) < 4.78 is 41.4. The third-order valence-corrected chi connectivity index (χ3v) is 7.89. The molecule has 1 aliphatic heterocycles. The van der Waals surface area contributed by atoms with Crippen molar-refractivity contribution < 1.29 is 37.7 Å². The first kappa shape index (κ1) is 30.4. The average Bonchev–Trinajstić information content (AvgIpc) is 2.87. The van der Waals surface area contributed by atoms with Crippen LogP contribution in [0.5, 0.6) is 5.75 Å². The number of hydrogen-bond acceptors (Lipinski definition) is 5. The fourth-order valence-electron chi connectivity index (χ4n) is 5.90. The molecule has 41 heavy (non-hydrogen) atoms. The van der Waals surface area contributed by atoms with E-state index >= 15 is 8.78 Å². The second-order valence-corrected chi connectivity index (χ2v) is 11.4. The van der Waals surface area contributed by atoms with E-state index in [2.05, 4.69) is 5.32 Å². The number of aliphatic carboxylic acids is 1. The van der Waals surface area contributed by atoms with Gasteiger partial charge in [-0.15, -0.1) is 0 Å². The molecule has 0 unspecified atom stereocenters. The number of rotatable bonds is 11. The number of fused-ring (bicyclic) bond motifs is 1. The summed E-state index contributed by atoms with van der Waals surface area (Å²) in [5.74, 6) is -3.13. The van der Waals surface area contributed by atoms with Crippen LogP contribution in [0.25, 0.3) is 0 Å². The van der Waals surface area contributed by atoms with E-state index in [1.807, 2.05) is 13.0 Å². The zero-order chi connectivity index (χ0) is 29.9. The summed E-state index contributed by atoms with van der Waals surface area (Å²) in [7, 11) is 0. The highest BCUT2D eigenvalue weighted by molar-refractivity contribution is 5.99. The van der Waals surface area contributed by atoms with Gasteiger partial charge in [0.05, 0.1) is 13.2 Å². The number of benzene rings is 2. The van der Waals surface area contributed by atoms with Crippen LogP contribution >= 0.6 is 0 Å². The molecule has 4 rings (SSSR count). The maximum absolute atomic E-state index is 15.2. The molecule has 1 heterocycles. The number of carbonyl (C=O) groups is 3. The van der Waals surface area contributed by atoms with Crippen molar-refractivity contribution in [3.05, 3.63) is 58.7 Å². The van der Waals surface area contributed by atoms with Crippen molar-refractivity contribution in [2.24, 2.45) is 11.8 Å². The molecule has 1 saturated carbocycles. The predicted octanol–water partition coefficient (Wildman–Crippen LogP) is 5.24. The number of carbonyl (C=O) groups excluding carboxylic acids is 2. The lowest BCUT2D eigenvalue weighted by atomic mass is 9.72. The van der Waals surface area contributed by atoms with E-state index in [9.17, 15) is 14.4 Å². The van der Waals surface area contributed by atoms with Crippen LogP contribution in [0.1, 0.15) is 69.7 Å². The number of nitrogens with one attached hydrogen (secondary N) is 1. The monoisotopic (exact) mass is 572 g/mol. The SMILES string of the molecule is CCOCC(C)(C)c1c(F)cc(NC(=O)[C@H]2c3ccc(OCC)cc3CCN2C(=O)C2CC(CC(=O)O)C2)cc1F. The van der Waals surface area contributed by atoms with E-state index in [4.69, 9.17) is 14.6 Å². The Kier molecular flexibility index (Phi) is 9.31. The molecule has 2 amide bonds. The number of anilines is 1. The highest BCUT2D eigenvalue weighted by Gasteiger charge is 2.43. The van der Waals surface area contributed by atoms with Crippen LogP contribution in [0.3, 0.4) is 0 Å². The summed E-state index contributed by atoms with van der Waals surface area (Å²) in [6.45, 7) is 8.31. The second-order valence-electron chi connectivity index (χ2n) is 11.4. The number of halogens is 2. The molecule has 1 fully saturated rings. The van der Waals surface area contributed by atoms with Crippen molar-refractivity contribution in [1.29, 1.82) is 0 Å². The normalized spacial score (nSPS) is 20.1. The summed E-state index contributed by atoms with van der Waals surface area (Å²) in [5.41, 5.74) is 0.340. The van der Waals surface area contributed by atoms with E-state index < -0.39 is 35.0 Å². The summed E-state index contributed by atoms with van der Waals surface area (Å²) in [6.07, 6.45) is 1.40. The van der Waals surface area contributed by atoms with Gasteiger partial charge in [0.15, 0.2) is 0 Å². The van der Waals surface area contributed by atoms with Gasteiger partial charge >= 0.3 is 5.97 Å². The van der Waals surface area contributed by atoms with E-state index in [0.29, 0.717) is 43.8 Å². The van der Waals surface area contributed by atoms with Crippen molar-refractivity contribution in [1.82, 2.24) is 4.90 Å². The summed E-state index contributed by atoms with van der Waals surface area (Å²) in [5, 5.41) is 11.7. The number of ether oxygens (including phenoxy) is 2. The summed E-state index contributed by atoms with van der Waals surface area (Å²) in [6, 6.07) is 6.47. The van der Waals surface area contributed by atoms with Gasteiger partial charge in [0.2, 0.25) is 5.91 Å². The molecule has 10 heteroatoms. The third-order valence-electron chi connectivity index (χ3n) is 7.89. The van der Waals surface area contributed by atoms with Gasteiger partial charge in [0, 0.05) is 42.2 Å². The van der Waals surface area contributed by atoms with Crippen LogP contribution in [0.2, 0.25) is 0 Å². The third kappa shape index (κ3) is 6.69. The van der Waals surface area contributed by atoms with Crippen LogP contribution in [0.4, 0.5) is 14.5 Å². The number of nitrogens with zero attached hydrogens (tertiary/aromatic N) is 1. The Hall–Kier alpha value is -3.53. The molecule has 0 spiro atoms. The average molecular weight is 573 g/mol. The Morgan fingerprint density at radius 1 is 1.07 bits per heavy atom. The van der Waals surface area contributed by atoms with Gasteiger partial charge in [-0.3, -0.25) is 14.4 Å². The minimum absolute atomic E-state index is 0.00519. The van der Waals surface area contributed by atoms with Gasteiger partial charge in [-0.1, -0.05) is 19.9 Å². The lowest BCUT2D eigenvalue weighted by Crippen LogP contribution is -2.50. The van der Waals surface area contributed by atoms with E-state index in [0.717, 1.165) is 17.7 Å². The topological polar surface area (TPSA) is 105 Å². The fourth-order valence-corrected chi connectivity index (χ4v) is 5.90. The van der Waals surface area contributed by atoms with Crippen LogP contribution in [-0.4, -0.2) is 54.2 Å². The number of carboxylic acids is 1. The molecular formula is C31H38F2N2O6. The number of carboxylic acid groups (broad SMARTS) is 1. The van der Waals surface area contributed by atoms with Crippen molar-refractivity contribution in [2.45, 2.75) is 64.8 Å². The first-order chi connectivity index (χ1) is 19.4. The van der Waals surface area contributed by atoms with E-state index in [1.54, 1.807) is 32.9 Å². The molecule has 8 nitrogen and oxygen atoms in total. The van der Waals surface area contributed by atoms with Crippen molar-refractivity contribution >= 4 is 23.5 Å². The standard InChI is InChI=1S/C31H38F2N2O6/c1-5-40-17-31(3,4)27-24(32)15-21(16-25(27)33)34-29(38)28-23-8-7-22(41-6-2)14-19(23)9-10-35(28)30(39)20-11-18(12-20)13-26(36)37/h7-8,14-16,18,20,28H,5-6,9-13,17H2,1-4H3,(H,34,38)(H,36,37)/t18?,20?,28-/m1/s1. The van der Waals surface area contributed by atoms with Crippen LogP contribution in [-0.2, 0) is 31.0 Å². The largest absolute Gasteiger partial charge is 0.494 e. The van der Waals surface area contributed by atoms with Gasteiger partial charge in [-0.05, 0) is 74.4 Å². The van der Waals surface area contributed by atoms with E-state index in [-0.39, 0.29) is 48.6 Å². The number of amides is 2. The first-order valence-electron chi connectivity index (χ1n) is 14.1. The van der Waals surface area contributed by atoms with Crippen LogP contribution in [0.15, 0.2) is 30.3 Å². The van der Waals surface area contributed by atoms with Gasteiger partial charge in [-0.2, -0.15) is 0 Å². The molecular weight excluding hydrogens is 534 g/mol. The molecule has 2 N–H and O–H groups in total. The van der Waals surface area contributed by atoms with Crippen LogP contribution in [0, 0.1) is 23.5 Å². The van der Waals surface area contributed by atoms with E-state index in [1.165, 1.54) is 4.90 Å². The predicted molar refractivity (Wildman–Crippen MR) is 149 cm³/mol.